The summed E-state index contributed by atoms with van der Waals surface area (Å²) in [5.41, 5.74) is 6.74. The number of nitrogen functional groups attached to an aromatic ring is 1. The molecule has 218 valence electrons. The van der Waals surface area contributed by atoms with Gasteiger partial charge in [0.15, 0.2) is 5.69 Å². The number of tetrazole rings is 1. The van der Waals surface area contributed by atoms with Crippen molar-refractivity contribution in [3.05, 3.63) is 112 Å². The third kappa shape index (κ3) is 6.41. The van der Waals surface area contributed by atoms with Gasteiger partial charge in [-0.05, 0) is 47.2 Å². The van der Waals surface area contributed by atoms with Crippen LogP contribution in [0.2, 0.25) is 5.02 Å². The third-order valence-corrected chi connectivity index (χ3v) is 6.70. The summed E-state index contributed by atoms with van der Waals surface area (Å²) in [6, 6.07) is 14.7. The van der Waals surface area contributed by atoms with E-state index in [9.17, 15) is 14.4 Å². The first-order valence-electron chi connectivity index (χ1n) is 13.0. The number of pyridine rings is 2. The maximum Gasteiger partial charge on any atom is 0.356 e. The number of rotatable bonds is 9. The molecule has 14 heteroatoms. The molecule has 2 aromatic carbocycles. The smallest absolute Gasteiger partial charge is 0.356 e. The van der Waals surface area contributed by atoms with E-state index in [1.165, 1.54) is 29.3 Å². The second kappa shape index (κ2) is 12.6. The van der Waals surface area contributed by atoms with E-state index >= 15 is 4.39 Å². The fraction of sp³-hybridized carbons (Fsp3) is 0.138. The fourth-order valence-electron chi connectivity index (χ4n) is 4.43. The van der Waals surface area contributed by atoms with Crippen molar-refractivity contribution in [3.63, 3.8) is 0 Å². The second-order valence-corrected chi connectivity index (χ2v) is 9.70. The number of amides is 1. The van der Waals surface area contributed by atoms with Crippen molar-refractivity contribution in [3.8, 4) is 16.8 Å². The standard InChI is InChI=1S/C29H24ClFN8O4/c1-2-43-29(42)24-13-23(22(32)14-33-24)35-28(41)26(10-17-6-4-3-5-7-17)38-15-21(31)19(12-27(38)40)20-11-18(30)8-9-25(20)39-16-34-36-37-39/h3-9,11-16,26H,2,10,32H2,1H3,(H,33,35,41). The molecular formula is C29H24ClFN8O4. The van der Waals surface area contributed by atoms with Crippen molar-refractivity contribution in [1.82, 2.24) is 29.8 Å². The lowest BCUT2D eigenvalue weighted by molar-refractivity contribution is -0.119. The number of halogens is 2. The number of carbonyl (C=O) groups is 2. The molecule has 0 bridgehead atoms. The molecule has 0 aliphatic carbocycles. The van der Waals surface area contributed by atoms with Gasteiger partial charge < -0.3 is 15.8 Å². The summed E-state index contributed by atoms with van der Waals surface area (Å²) in [5, 5.41) is 14.0. The SMILES string of the molecule is CCOC(=O)c1cc(NC(=O)C(Cc2ccccc2)n2cc(F)c(-c3cc(Cl)ccc3-n3cnnn3)cc2=O)c(N)cn1. The number of nitrogens with one attached hydrogen (secondary N) is 1. The summed E-state index contributed by atoms with van der Waals surface area (Å²) >= 11 is 6.21. The highest BCUT2D eigenvalue weighted by Crippen LogP contribution is 2.31. The van der Waals surface area contributed by atoms with Crippen molar-refractivity contribution in [1.29, 1.82) is 0 Å². The Morgan fingerprint density at radius 2 is 1.91 bits per heavy atom. The van der Waals surface area contributed by atoms with E-state index < -0.39 is 29.3 Å². The molecule has 0 saturated heterocycles. The predicted molar refractivity (Wildman–Crippen MR) is 156 cm³/mol. The maximum atomic E-state index is 15.9. The molecule has 1 unspecified atom stereocenters. The van der Waals surface area contributed by atoms with Gasteiger partial charge in [-0.1, -0.05) is 41.9 Å². The summed E-state index contributed by atoms with van der Waals surface area (Å²) in [6.07, 6.45) is 3.54. The summed E-state index contributed by atoms with van der Waals surface area (Å²) in [6.45, 7) is 1.77. The highest BCUT2D eigenvalue weighted by molar-refractivity contribution is 6.31. The molecule has 1 atom stereocenters. The number of ether oxygens (including phenoxy) is 1. The Balaban J connectivity index is 1.56. The van der Waals surface area contributed by atoms with Gasteiger partial charge in [0.05, 0.1) is 29.9 Å². The number of hydrogen-bond donors (Lipinski definition) is 2. The van der Waals surface area contributed by atoms with Crippen LogP contribution in [-0.4, -0.2) is 48.2 Å². The molecule has 3 heterocycles. The fourth-order valence-corrected chi connectivity index (χ4v) is 4.60. The number of anilines is 2. The number of nitrogens with two attached hydrogens (primary N) is 1. The van der Waals surface area contributed by atoms with E-state index in [-0.39, 0.29) is 41.2 Å². The van der Waals surface area contributed by atoms with Crippen molar-refractivity contribution in [2.75, 3.05) is 17.7 Å². The van der Waals surface area contributed by atoms with Crippen molar-refractivity contribution in [2.24, 2.45) is 0 Å². The first kappa shape index (κ1) is 29.1. The molecule has 1 amide bonds. The van der Waals surface area contributed by atoms with E-state index in [0.29, 0.717) is 16.3 Å². The predicted octanol–water partition coefficient (Wildman–Crippen LogP) is 3.86. The summed E-state index contributed by atoms with van der Waals surface area (Å²) < 4.78 is 23.2. The molecule has 0 saturated carbocycles. The van der Waals surface area contributed by atoms with Crippen LogP contribution in [0.1, 0.15) is 29.0 Å². The normalized spacial score (nSPS) is 11.6. The number of aromatic nitrogens is 6. The van der Waals surface area contributed by atoms with Crippen LogP contribution in [0, 0.1) is 5.82 Å². The van der Waals surface area contributed by atoms with Gasteiger partial charge in [-0.2, -0.15) is 4.68 Å². The quantitative estimate of drug-likeness (QED) is 0.239. The maximum absolute atomic E-state index is 15.9. The van der Waals surface area contributed by atoms with Crippen LogP contribution in [0.3, 0.4) is 0 Å². The van der Waals surface area contributed by atoms with E-state index in [2.05, 4.69) is 25.8 Å². The van der Waals surface area contributed by atoms with Crippen LogP contribution >= 0.6 is 11.6 Å². The Morgan fingerprint density at radius 1 is 1.12 bits per heavy atom. The second-order valence-electron chi connectivity index (χ2n) is 9.27. The number of esters is 1. The molecule has 0 aliphatic rings. The van der Waals surface area contributed by atoms with Gasteiger partial charge in [-0.25, -0.2) is 14.2 Å². The van der Waals surface area contributed by atoms with Crippen LogP contribution in [0.5, 0.6) is 0 Å². The van der Waals surface area contributed by atoms with Crippen LogP contribution < -0.4 is 16.6 Å². The van der Waals surface area contributed by atoms with Gasteiger partial charge in [-0.3, -0.25) is 14.2 Å². The molecule has 3 N–H and O–H groups in total. The van der Waals surface area contributed by atoms with E-state index in [0.717, 1.165) is 16.8 Å². The van der Waals surface area contributed by atoms with Gasteiger partial charge in [0.25, 0.3) is 5.56 Å². The van der Waals surface area contributed by atoms with Gasteiger partial charge in [0.1, 0.15) is 18.2 Å². The molecule has 5 rings (SSSR count). The molecule has 12 nitrogen and oxygen atoms in total. The minimum atomic E-state index is -1.21. The Kier molecular flexibility index (Phi) is 8.53. The van der Waals surface area contributed by atoms with Crippen LogP contribution in [0.15, 0.2) is 84.2 Å². The van der Waals surface area contributed by atoms with Crippen molar-refractivity contribution < 1.29 is 18.7 Å². The minimum absolute atomic E-state index is 0.0358. The molecule has 0 spiro atoms. The average molecular weight is 603 g/mol. The lowest BCUT2D eigenvalue weighted by Crippen LogP contribution is -2.35. The highest BCUT2D eigenvalue weighted by Gasteiger charge is 2.26. The minimum Gasteiger partial charge on any atom is -0.461 e. The molecule has 0 fully saturated rings. The molecule has 5 aromatic rings. The van der Waals surface area contributed by atoms with Gasteiger partial charge in [-0.15, -0.1) is 5.10 Å². The van der Waals surface area contributed by atoms with Gasteiger partial charge in [0, 0.05) is 34.8 Å². The van der Waals surface area contributed by atoms with Crippen LogP contribution in [0.4, 0.5) is 15.8 Å². The number of nitrogens with zero attached hydrogens (tertiary/aromatic N) is 6. The number of hydrogen-bond acceptors (Lipinski definition) is 9. The van der Waals surface area contributed by atoms with Crippen LogP contribution in [-0.2, 0) is 16.0 Å². The summed E-state index contributed by atoms with van der Waals surface area (Å²) in [5.74, 6) is -2.17. The molecule has 3 aromatic heterocycles. The Hall–Kier alpha value is -5.43. The van der Waals surface area contributed by atoms with E-state index in [1.807, 2.05) is 0 Å². The first-order valence-corrected chi connectivity index (χ1v) is 13.3. The first-order chi connectivity index (χ1) is 20.7. The Labute approximate surface area is 248 Å². The zero-order chi connectivity index (χ0) is 30.5. The Bertz CT molecular complexity index is 1850. The third-order valence-electron chi connectivity index (χ3n) is 6.46. The molecule has 0 aliphatic heterocycles. The molecular weight excluding hydrogens is 579 g/mol. The Morgan fingerprint density at radius 3 is 2.63 bits per heavy atom. The lowest BCUT2D eigenvalue weighted by atomic mass is 10.0. The van der Waals surface area contributed by atoms with E-state index in [4.69, 9.17) is 22.1 Å². The summed E-state index contributed by atoms with van der Waals surface area (Å²) in [7, 11) is 0. The zero-order valence-electron chi connectivity index (χ0n) is 22.6. The molecule has 0 radical (unpaired) electrons. The van der Waals surface area contributed by atoms with Crippen molar-refractivity contribution in [2.45, 2.75) is 19.4 Å². The molecule has 43 heavy (non-hydrogen) atoms. The lowest BCUT2D eigenvalue weighted by Gasteiger charge is -2.21. The van der Waals surface area contributed by atoms with Gasteiger partial charge >= 0.3 is 5.97 Å². The van der Waals surface area contributed by atoms with Crippen molar-refractivity contribution >= 4 is 34.9 Å². The van der Waals surface area contributed by atoms with E-state index in [1.54, 1.807) is 49.4 Å². The zero-order valence-corrected chi connectivity index (χ0v) is 23.4. The highest BCUT2D eigenvalue weighted by atomic mass is 35.5. The summed E-state index contributed by atoms with van der Waals surface area (Å²) in [4.78, 5) is 43.4. The monoisotopic (exact) mass is 602 g/mol. The largest absolute Gasteiger partial charge is 0.461 e. The number of benzene rings is 2. The van der Waals surface area contributed by atoms with Crippen LogP contribution in [0.25, 0.3) is 16.8 Å². The number of carbonyl (C=O) groups excluding carboxylic acids is 2. The van der Waals surface area contributed by atoms with Gasteiger partial charge in [0.2, 0.25) is 5.91 Å². The topological polar surface area (TPSA) is 160 Å². The average Bonchev–Trinajstić information content (AvgIpc) is 3.53.